The van der Waals surface area contributed by atoms with Crippen molar-refractivity contribution < 1.29 is 8.42 Å². The molecule has 110 valence electrons. The highest BCUT2D eigenvalue weighted by atomic mass is 32.2. The third-order valence-corrected chi connectivity index (χ3v) is 7.00. The fourth-order valence-corrected chi connectivity index (χ4v) is 6.16. The molecule has 0 aromatic heterocycles. The van der Waals surface area contributed by atoms with Gasteiger partial charge < -0.3 is 0 Å². The first-order valence-electron chi connectivity index (χ1n) is 8.19. The molecule has 0 aromatic rings. The largest absolute Gasteiger partial charge is 0.229 e. The summed E-state index contributed by atoms with van der Waals surface area (Å²) in [6.07, 6.45) is 13.5. The molecule has 0 radical (unpaired) electrons. The van der Waals surface area contributed by atoms with Crippen LogP contribution in [-0.4, -0.2) is 20.4 Å². The molecule has 4 fully saturated rings. The van der Waals surface area contributed by atoms with Crippen molar-refractivity contribution in [1.82, 2.24) is 0 Å². The second kappa shape index (κ2) is 5.38. The Kier molecular flexibility index (Phi) is 3.94. The first-order valence-corrected chi connectivity index (χ1v) is 10.2. The van der Waals surface area contributed by atoms with Crippen LogP contribution in [0, 0.1) is 29.6 Å². The van der Waals surface area contributed by atoms with Crippen molar-refractivity contribution in [3.8, 4) is 0 Å². The maximum atomic E-state index is 11.1. The van der Waals surface area contributed by atoms with E-state index in [-0.39, 0.29) is 0 Å². The lowest BCUT2D eigenvalue weighted by Gasteiger charge is -2.54. The van der Waals surface area contributed by atoms with E-state index in [4.69, 9.17) is 0 Å². The van der Waals surface area contributed by atoms with Gasteiger partial charge in [0.05, 0.1) is 0 Å². The smallest absolute Gasteiger partial charge is 0.147 e. The fraction of sp³-hybridized carbons (Fsp3) is 1.00. The normalized spacial score (nSPS) is 40.8. The van der Waals surface area contributed by atoms with Crippen molar-refractivity contribution in [3.63, 3.8) is 0 Å². The zero-order chi connectivity index (χ0) is 13.5. The van der Waals surface area contributed by atoms with Gasteiger partial charge in [-0.1, -0.05) is 12.8 Å². The van der Waals surface area contributed by atoms with E-state index >= 15 is 0 Å². The van der Waals surface area contributed by atoms with Crippen LogP contribution in [0.15, 0.2) is 0 Å². The van der Waals surface area contributed by atoms with E-state index < -0.39 is 9.84 Å². The van der Waals surface area contributed by atoms with E-state index in [0.29, 0.717) is 5.75 Å². The molecule has 4 saturated carbocycles. The summed E-state index contributed by atoms with van der Waals surface area (Å²) in [4.78, 5) is 0. The van der Waals surface area contributed by atoms with Gasteiger partial charge in [0.2, 0.25) is 0 Å². The lowest BCUT2D eigenvalue weighted by atomic mass is 9.51. The number of rotatable bonds is 6. The van der Waals surface area contributed by atoms with Gasteiger partial charge in [-0.05, 0) is 74.5 Å². The molecule has 0 saturated heterocycles. The van der Waals surface area contributed by atoms with Crippen LogP contribution in [0.1, 0.15) is 57.8 Å². The summed E-state index contributed by atoms with van der Waals surface area (Å²) in [6.45, 7) is 0. The Hall–Kier alpha value is -0.0500. The molecule has 0 atom stereocenters. The Labute approximate surface area is 118 Å². The highest BCUT2D eigenvalue weighted by molar-refractivity contribution is 7.90. The van der Waals surface area contributed by atoms with Crippen LogP contribution in [-0.2, 0) is 9.84 Å². The van der Waals surface area contributed by atoms with Crippen LogP contribution in [0.25, 0.3) is 0 Å². The van der Waals surface area contributed by atoms with Crippen LogP contribution < -0.4 is 0 Å². The van der Waals surface area contributed by atoms with Gasteiger partial charge in [-0.25, -0.2) is 8.42 Å². The van der Waals surface area contributed by atoms with E-state index in [0.717, 1.165) is 42.4 Å². The number of hydrogen-bond donors (Lipinski definition) is 0. The third kappa shape index (κ3) is 3.34. The van der Waals surface area contributed by atoms with E-state index in [1.807, 2.05) is 0 Å². The van der Waals surface area contributed by atoms with Crippen LogP contribution in [0.2, 0.25) is 0 Å². The van der Waals surface area contributed by atoms with Crippen molar-refractivity contribution >= 4 is 9.84 Å². The molecule has 4 aliphatic carbocycles. The predicted molar refractivity (Wildman–Crippen MR) is 78.7 cm³/mol. The molecule has 0 unspecified atom stereocenters. The summed E-state index contributed by atoms with van der Waals surface area (Å²) < 4.78 is 22.2. The third-order valence-electron chi connectivity index (χ3n) is 5.97. The minimum atomic E-state index is -2.75. The highest BCUT2D eigenvalue weighted by Crippen LogP contribution is 2.57. The van der Waals surface area contributed by atoms with E-state index in [1.165, 1.54) is 51.2 Å². The fourth-order valence-electron chi connectivity index (χ4n) is 5.43. The molecule has 0 aliphatic heterocycles. The van der Waals surface area contributed by atoms with Gasteiger partial charge in [-0.3, -0.25) is 0 Å². The second-order valence-electron chi connectivity index (χ2n) is 7.57. The predicted octanol–water partition coefficient (Wildman–Crippen LogP) is 3.66. The second-order valence-corrected chi connectivity index (χ2v) is 9.83. The summed E-state index contributed by atoms with van der Waals surface area (Å²) in [5.41, 5.74) is 0. The molecule has 0 spiro atoms. The molecule has 0 amide bonds. The Morgan fingerprint density at radius 3 is 1.95 bits per heavy atom. The molecule has 0 aromatic carbocycles. The SMILES string of the molecule is CS(=O)(=O)CCCCCC1C2CC3CC(C2)CC1C3. The van der Waals surface area contributed by atoms with Crippen molar-refractivity contribution in [2.24, 2.45) is 29.6 Å². The van der Waals surface area contributed by atoms with Gasteiger partial charge in [0.15, 0.2) is 0 Å². The minimum Gasteiger partial charge on any atom is -0.229 e. The Morgan fingerprint density at radius 1 is 0.842 bits per heavy atom. The van der Waals surface area contributed by atoms with Crippen LogP contribution in [0.3, 0.4) is 0 Å². The summed E-state index contributed by atoms with van der Waals surface area (Å²) in [6, 6.07) is 0. The summed E-state index contributed by atoms with van der Waals surface area (Å²) >= 11 is 0. The average Bonchev–Trinajstić information content (AvgIpc) is 2.29. The summed E-state index contributed by atoms with van der Waals surface area (Å²) in [5, 5.41) is 0. The summed E-state index contributed by atoms with van der Waals surface area (Å²) in [5.74, 6) is 5.59. The van der Waals surface area contributed by atoms with E-state index in [9.17, 15) is 8.42 Å². The first-order chi connectivity index (χ1) is 9.01. The van der Waals surface area contributed by atoms with Crippen LogP contribution in [0.5, 0.6) is 0 Å². The monoisotopic (exact) mass is 284 g/mol. The van der Waals surface area contributed by atoms with E-state index in [1.54, 1.807) is 0 Å². The van der Waals surface area contributed by atoms with Crippen LogP contribution in [0.4, 0.5) is 0 Å². The molecule has 0 N–H and O–H groups in total. The first kappa shape index (κ1) is 13.9. The molecular formula is C16H28O2S. The Bertz CT molecular complexity index is 384. The van der Waals surface area contributed by atoms with Gasteiger partial charge in [-0.2, -0.15) is 0 Å². The van der Waals surface area contributed by atoms with Gasteiger partial charge in [0.25, 0.3) is 0 Å². The Balaban J connectivity index is 1.41. The molecule has 4 aliphatic rings. The number of unbranched alkanes of at least 4 members (excludes halogenated alkanes) is 2. The van der Waals surface area contributed by atoms with Gasteiger partial charge in [-0.15, -0.1) is 0 Å². The maximum Gasteiger partial charge on any atom is 0.147 e. The molecule has 4 bridgehead atoms. The lowest BCUT2D eigenvalue weighted by Crippen LogP contribution is -2.44. The quantitative estimate of drug-likeness (QED) is 0.698. The van der Waals surface area contributed by atoms with Gasteiger partial charge >= 0.3 is 0 Å². The van der Waals surface area contributed by atoms with Gasteiger partial charge in [0.1, 0.15) is 9.84 Å². The van der Waals surface area contributed by atoms with Crippen molar-refractivity contribution in [3.05, 3.63) is 0 Å². The van der Waals surface area contributed by atoms with Crippen LogP contribution >= 0.6 is 0 Å². The topological polar surface area (TPSA) is 34.1 Å². The lowest BCUT2D eigenvalue weighted by molar-refractivity contribution is -0.0404. The maximum absolute atomic E-state index is 11.1. The Morgan fingerprint density at radius 2 is 1.42 bits per heavy atom. The number of sulfone groups is 1. The zero-order valence-corrected chi connectivity index (χ0v) is 13.0. The molecule has 4 rings (SSSR count). The molecule has 3 heteroatoms. The zero-order valence-electron chi connectivity index (χ0n) is 12.2. The van der Waals surface area contributed by atoms with E-state index in [2.05, 4.69) is 0 Å². The highest BCUT2D eigenvalue weighted by Gasteiger charge is 2.47. The minimum absolute atomic E-state index is 0.384. The summed E-state index contributed by atoms with van der Waals surface area (Å²) in [7, 11) is -2.75. The van der Waals surface area contributed by atoms with Crippen molar-refractivity contribution in [2.45, 2.75) is 57.8 Å². The number of hydrogen-bond acceptors (Lipinski definition) is 2. The average molecular weight is 284 g/mol. The molecule has 0 heterocycles. The van der Waals surface area contributed by atoms with Gasteiger partial charge in [0, 0.05) is 12.0 Å². The van der Waals surface area contributed by atoms with Crippen molar-refractivity contribution in [1.29, 1.82) is 0 Å². The standard InChI is InChI=1S/C16H28O2S/c1-19(17,18)6-4-2-3-5-16-14-8-12-7-13(10-14)11-15(16)9-12/h12-16H,2-11H2,1H3. The molecular weight excluding hydrogens is 256 g/mol. The molecule has 2 nitrogen and oxygen atoms in total. The molecule has 19 heavy (non-hydrogen) atoms. The van der Waals surface area contributed by atoms with Crippen molar-refractivity contribution in [2.75, 3.05) is 12.0 Å².